The van der Waals surface area contributed by atoms with Gasteiger partial charge in [-0.2, -0.15) is 0 Å². The Kier molecular flexibility index (Phi) is 4.72. The molecule has 0 saturated carbocycles. The van der Waals surface area contributed by atoms with Gasteiger partial charge in [-0.1, -0.05) is 25.1 Å². The van der Waals surface area contributed by atoms with Gasteiger partial charge in [-0.15, -0.1) is 11.3 Å². The van der Waals surface area contributed by atoms with Gasteiger partial charge in [0.2, 0.25) is 0 Å². The van der Waals surface area contributed by atoms with Crippen molar-refractivity contribution in [2.24, 2.45) is 0 Å². The number of aromatic nitrogens is 1. The fourth-order valence-electron chi connectivity index (χ4n) is 2.57. The maximum Gasteiger partial charge on any atom is 0.185 e. The molecule has 1 saturated heterocycles. The van der Waals surface area contributed by atoms with Crippen LogP contribution >= 0.6 is 11.3 Å². The van der Waals surface area contributed by atoms with Crippen molar-refractivity contribution in [2.45, 2.75) is 13.5 Å². The van der Waals surface area contributed by atoms with E-state index in [0.717, 1.165) is 50.1 Å². The zero-order valence-corrected chi connectivity index (χ0v) is 13.3. The number of hydrogen-bond donors (Lipinski definition) is 1. The van der Waals surface area contributed by atoms with Crippen molar-refractivity contribution in [1.82, 2.24) is 10.3 Å². The van der Waals surface area contributed by atoms with Crippen LogP contribution < -0.4 is 15.1 Å². The van der Waals surface area contributed by atoms with E-state index in [1.54, 1.807) is 11.3 Å². The van der Waals surface area contributed by atoms with Crippen LogP contribution in [0.25, 0.3) is 0 Å². The lowest BCUT2D eigenvalue weighted by Crippen LogP contribution is -2.46. The molecular weight excluding hydrogens is 280 g/mol. The van der Waals surface area contributed by atoms with Crippen LogP contribution in [0, 0.1) is 0 Å². The Morgan fingerprint density at radius 3 is 2.52 bits per heavy atom. The lowest BCUT2D eigenvalue weighted by Gasteiger charge is -2.36. The van der Waals surface area contributed by atoms with Gasteiger partial charge in [0.1, 0.15) is 0 Å². The Balaban J connectivity index is 1.57. The van der Waals surface area contributed by atoms with Crippen molar-refractivity contribution in [2.75, 3.05) is 42.5 Å². The third kappa shape index (κ3) is 3.54. The summed E-state index contributed by atoms with van der Waals surface area (Å²) < 4.78 is 0. The number of nitrogens with zero attached hydrogens (tertiary/aromatic N) is 3. The highest BCUT2D eigenvalue weighted by Crippen LogP contribution is 2.23. The molecule has 1 aliphatic heterocycles. The highest BCUT2D eigenvalue weighted by atomic mass is 32.1. The standard InChI is InChI=1S/C16H22N4S/c1-2-17-12-14-13-21-16(18-14)20-10-8-19(9-11-20)15-6-4-3-5-7-15/h3-7,13,17H,2,8-12H2,1H3. The summed E-state index contributed by atoms with van der Waals surface area (Å²) >= 11 is 1.76. The van der Waals surface area contributed by atoms with Gasteiger partial charge in [0.05, 0.1) is 5.69 Å². The maximum absolute atomic E-state index is 4.73. The molecule has 0 spiro atoms. The second kappa shape index (κ2) is 6.91. The molecule has 0 bridgehead atoms. The molecule has 3 rings (SSSR count). The van der Waals surface area contributed by atoms with E-state index < -0.39 is 0 Å². The van der Waals surface area contributed by atoms with E-state index in [2.05, 4.69) is 57.8 Å². The Labute approximate surface area is 130 Å². The first-order chi connectivity index (χ1) is 10.4. The summed E-state index contributed by atoms with van der Waals surface area (Å²) in [5.74, 6) is 0. The van der Waals surface area contributed by atoms with Gasteiger partial charge in [-0.05, 0) is 18.7 Å². The molecule has 1 aliphatic rings. The lowest BCUT2D eigenvalue weighted by atomic mass is 10.2. The molecule has 2 heterocycles. The molecule has 0 aliphatic carbocycles. The lowest BCUT2D eigenvalue weighted by molar-refractivity contribution is 0.649. The average molecular weight is 302 g/mol. The minimum absolute atomic E-state index is 0.872. The van der Waals surface area contributed by atoms with Crippen LogP contribution in [0.4, 0.5) is 10.8 Å². The molecule has 112 valence electrons. The number of nitrogens with one attached hydrogen (secondary N) is 1. The molecule has 1 aromatic carbocycles. The van der Waals surface area contributed by atoms with E-state index in [1.807, 2.05) is 0 Å². The predicted molar refractivity (Wildman–Crippen MR) is 90.4 cm³/mol. The molecule has 1 aromatic heterocycles. The molecule has 5 heteroatoms. The summed E-state index contributed by atoms with van der Waals surface area (Å²) in [6, 6.07) is 10.7. The van der Waals surface area contributed by atoms with Crippen molar-refractivity contribution in [3.8, 4) is 0 Å². The largest absolute Gasteiger partial charge is 0.368 e. The minimum atomic E-state index is 0.872. The minimum Gasteiger partial charge on any atom is -0.368 e. The SMILES string of the molecule is CCNCc1csc(N2CCN(c3ccccc3)CC2)n1. The zero-order chi connectivity index (χ0) is 14.5. The Bertz CT molecular complexity index is 546. The van der Waals surface area contributed by atoms with E-state index in [0.29, 0.717) is 0 Å². The molecule has 0 radical (unpaired) electrons. The van der Waals surface area contributed by atoms with E-state index >= 15 is 0 Å². The second-order valence-corrected chi connectivity index (χ2v) is 6.05. The van der Waals surface area contributed by atoms with Crippen LogP contribution in [0.1, 0.15) is 12.6 Å². The van der Waals surface area contributed by atoms with Crippen LogP contribution in [0.3, 0.4) is 0 Å². The summed E-state index contributed by atoms with van der Waals surface area (Å²) in [4.78, 5) is 9.58. The quantitative estimate of drug-likeness (QED) is 0.920. The first kappa shape index (κ1) is 14.4. The third-order valence-corrected chi connectivity index (χ3v) is 4.72. The first-order valence-corrected chi connectivity index (χ1v) is 8.45. The summed E-state index contributed by atoms with van der Waals surface area (Å²) in [6.45, 7) is 8.19. The smallest absolute Gasteiger partial charge is 0.185 e. The molecule has 1 N–H and O–H groups in total. The summed E-state index contributed by atoms with van der Waals surface area (Å²) in [5.41, 5.74) is 2.48. The number of piperazine rings is 1. The maximum atomic E-state index is 4.73. The molecule has 1 fully saturated rings. The highest BCUT2D eigenvalue weighted by Gasteiger charge is 2.19. The van der Waals surface area contributed by atoms with Gasteiger partial charge in [0, 0.05) is 43.8 Å². The molecule has 0 atom stereocenters. The van der Waals surface area contributed by atoms with Crippen LogP contribution in [-0.2, 0) is 6.54 Å². The van der Waals surface area contributed by atoms with Crippen molar-refractivity contribution in [3.05, 3.63) is 41.4 Å². The molecule has 2 aromatic rings. The van der Waals surface area contributed by atoms with E-state index in [1.165, 1.54) is 5.69 Å². The van der Waals surface area contributed by atoms with Crippen LogP contribution in [-0.4, -0.2) is 37.7 Å². The molecular formula is C16H22N4S. The topological polar surface area (TPSA) is 31.4 Å². The first-order valence-electron chi connectivity index (χ1n) is 7.57. The van der Waals surface area contributed by atoms with Crippen molar-refractivity contribution in [1.29, 1.82) is 0 Å². The molecule has 0 amide bonds. The van der Waals surface area contributed by atoms with Gasteiger partial charge in [0.25, 0.3) is 0 Å². The van der Waals surface area contributed by atoms with Crippen LogP contribution in [0.5, 0.6) is 0 Å². The third-order valence-electron chi connectivity index (χ3n) is 3.77. The summed E-state index contributed by atoms with van der Waals surface area (Å²) in [7, 11) is 0. The normalized spacial score (nSPS) is 15.5. The van der Waals surface area contributed by atoms with Gasteiger partial charge in [-0.25, -0.2) is 4.98 Å². The summed E-state index contributed by atoms with van der Waals surface area (Å²) in [5, 5.41) is 6.66. The van der Waals surface area contributed by atoms with Gasteiger partial charge in [-0.3, -0.25) is 0 Å². The second-order valence-electron chi connectivity index (χ2n) is 5.21. The van der Waals surface area contributed by atoms with Crippen molar-refractivity contribution < 1.29 is 0 Å². The Hall–Kier alpha value is -1.59. The van der Waals surface area contributed by atoms with Crippen molar-refractivity contribution in [3.63, 3.8) is 0 Å². The van der Waals surface area contributed by atoms with Gasteiger partial charge < -0.3 is 15.1 Å². The highest BCUT2D eigenvalue weighted by molar-refractivity contribution is 7.13. The zero-order valence-electron chi connectivity index (χ0n) is 12.5. The Morgan fingerprint density at radius 2 is 1.81 bits per heavy atom. The van der Waals surface area contributed by atoms with Gasteiger partial charge in [0.15, 0.2) is 5.13 Å². The number of thiazole rings is 1. The fourth-order valence-corrected chi connectivity index (χ4v) is 3.45. The van der Waals surface area contributed by atoms with Crippen molar-refractivity contribution >= 4 is 22.2 Å². The summed E-state index contributed by atoms with van der Waals surface area (Å²) in [6.07, 6.45) is 0. The van der Waals surface area contributed by atoms with E-state index in [-0.39, 0.29) is 0 Å². The number of hydrogen-bond acceptors (Lipinski definition) is 5. The van der Waals surface area contributed by atoms with Gasteiger partial charge >= 0.3 is 0 Å². The van der Waals surface area contributed by atoms with E-state index in [4.69, 9.17) is 4.98 Å². The molecule has 21 heavy (non-hydrogen) atoms. The Morgan fingerprint density at radius 1 is 1.10 bits per heavy atom. The number of rotatable bonds is 5. The molecule has 0 unspecified atom stereocenters. The van der Waals surface area contributed by atoms with Crippen LogP contribution in [0.2, 0.25) is 0 Å². The number of anilines is 2. The fraction of sp³-hybridized carbons (Fsp3) is 0.438. The monoisotopic (exact) mass is 302 g/mol. The van der Waals surface area contributed by atoms with E-state index in [9.17, 15) is 0 Å². The predicted octanol–water partition coefficient (Wildman–Crippen LogP) is 2.58. The molecule has 4 nitrogen and oxygen atoms in total. The van der Waals surface area contributed by atoms with Crippen LogP contribution in [0.15, 0.2) is 35.7 Å². The number of para-hydroxylation sites is 1. The number of benzene rings is 1. The average Bonchev–Trinajstić information content (AvgIpc) is 3.03.